The third-order valence-corrected chi connectivity index (χ3v) is 6.52. The summed E-state index contributed by atoms with van der Waals surface area (Å²) in [5.41, 5.74) is 1.76. The predicted octanol–water partition coefficient (Wildman–Crippen LogP) is 4.85. The zero-order valence-electron chi connectivity index (χ0n) is 11.8. The molecule has 1 unspecified atom stereocenters. The summed E-state index contributed by atoms with van der Waals surface area (Å²) in [6.07, 6.45) is 3.17. The van der Waals surface area contributed by atoms with Crippen molar-refractivity contribution < 1.29 is 4.39 Å². The van der Waals surface area contributed by atoms with Crippen LogP contribution in [0.1, 0.15) is 25.6 Å². The molecule has 2 heterocycles. The molecule has 1 aliphatic rings. The molecule has 1 aromatic heterocycles. The summed E-state index contributed by atoms with van der Waals surface area (Å²) >= 11 is 9.94. The highest BCUT2D eigenvalue weighted by Gasteiger charge is 2.31. The average molecular weight is 439 g/mol. The van der Waals surface area contributed by atoms with Crippen molar-refractivity contribution in [2.45, 2.75) is 37.5 Å². The zero-order valence-corrected chi connectivity index (χ0v) is 15.6. The molecule has 2 aromatic rings. The Morgan fingerprint density at radius 2 is 2.33 bits per heavy atom. The summed E-state index contributed by atoms with van der Waals surface area (Å²) in [5.74, 6) is 2.54. The molecule has 0 N–H and O–H groups in total. The molecule has 6 heteroatoms. The van der Waals surface area contributed by atoms with Crippen LogP contribution in [0.5, 0.6) is 0 Å². The second-order valence-corrected chi connectivity index (χ2v) is 8.93. The van der Waals surface area contributed by atoms with Crippen LogP contribution in [0.2, 0.25) is 0 Å². The molecule has 1 aromatic carbocycles. The summed E-state index contributed by atoms with van der Waals surface area (Å²) in [7, 11) is 0. The maximum absolute atomic E-state index is 14.0. The summed E-state index contributed by atoms with van der Waals surface area (Å²) in [6, 6.07) is 3.44. The molecule has 0 saturated carbocycles. The van der Waals surface area contributed by atoms with E-state index in [1.165, 1.54) is 18.6 Å². The van der Waals surface area contributed by atoms with E-state index in [9.17, 15) is 4.39 Å². The Hall–Kier alpha value is -0.0100. The van der Waals surface area contributed by atoms with Crippen LogP contribution in [0.4, 0.5) is 4.39 Å². The van der Waals surface area contributed by atoms with Crippen LogP contribution in [0, 0.1) is 9.39 Å². The van der Waals surface area contributed by atoms with E-state index in [1.807, 2.05) is 40.4 Å². The molecule has 0 spiro atoms. The van der Waals surface area contributed by atoms with Gasteiger partial charge in [0.15, 0.2) is 0 Å². The number of alkyl halides is 1. The molecule has 0 aliphatic carbocycles. The molecule has 21 heavy (non-hydrogen) atoms. The van der Waals surface area contributed by atoms with Crippen LogP contribution in [0.3, 0.4) is 0 Å². The Labute approximate surface area is 147 Å². The van der Waals surface area contributed by atoms with Gasteiger partial charge in [0.2, 0.25) is 0 Å². The lowest BCUT2D eigenvalue weighted by Gasteiger charge is -2.24. The first kappa shape index (κ1) is 15.9. The molecule has 3 rings (SSSR count). The van der Waals surface area contributed by atoms with Gasteiger partial charge in [0.05, 0.1) is 14.6 Å². The van der Waals surface area contributed by atoms with E-state index in [0.29, 0.717) is 9.45 Å². The second kappa shape index (κ2) is 6.24. The highest BCUT2D eigenvalue weighted by Crippen LogP contribution is 2.40. The van der Waals surface area contributed by atoms with Crippen LogP contribution in [0.15, 0.2) is 12.1 Å². The van der Waals surface area contributed by atoms with Gasteiger partial charge in [-0.15, -0.1) is 11.6 Å². The molecule has 0 bridgehead atoms. The number of rotatable bonds is 4. The number of halogens is 3. The first-order valence-electron chi connectivity index (χ1n) is 7.06. The van der Waals surface area contributed by atoms with E-state index in [0.717, 1.165) is 29.8 Å². The molecule has 1 fully saturated rings. The third-order valence-electron chi connectivity index (χ3n) is 3.98. The lowest BCUT2D eigenvalue weighted by Crippen LogP contribution is -2.25. The Kier molecular flexibility index (Phi) is 4.72. The molecule has 1 aliphatic heterocycles. The number of hydrogen-bond acceptors (Lipinski definition) is 2. The highest BCUT2D eigenvalue weighted by atomic mass is 127. The number of thioether (sulfide) groups is 1. The van der Waals surface area contributed by atoms with Crippen molar-refractivity contribution in [3.8, 4) is 0 Å². The topological polar surface area (TPSA) is 17.8 Å². The van der Waals surface area contributed by atoms with E-state index >= 15 is 0 Å². The molecule has 0 radical (unpaired) electrons. The van der Waals surface area contributed by atoms with E-state index in [2.05, 4.69) is 16.5 Å². The Morgan fingerprint density at radius 3 is 3.00 bits per heavy atom. The van der Waals surface area contributed by atoms with E-state index in [-0.39, 0.29) is 10.6 Å². The highest BCUT2D eigenvalue weighted by molar-refractivity contribution is 14.1. The molecular formula is C15H17ClFIN2S. The molecule has 0 amide bonds. The van der Waals surface area contributed by atoms with E-state index in [1.54, 1.807) is 6.07 Å². The van der Waals surface area contributed by atoms with Gasteiger partial charge in [0.1, 0.15) is 11.6 Å². The number of hydrogen-bond donors (Lipinski definition) is 0. The Bertz CT molecular complexity index is 667. The Morgan fingerprint density at radius 1 is 1.52 bits per heavy atom. The predicted molar refractivity (Wildman–Crippen MR) is 96.9 cm³/mol. The number of aryl methyl sites for hydroxylation is 1. The lowest BCUT2D eigenvalue weighted by molar-refractivity contribution is 0.506. The standard InChI is InChI=1S/C15H17ClFIN2S/c1-15(4-2-6-21-15)9-20-13-7-10(17)11(18)8-12(13)19-14(20)3-5-16/h7-8H,2-6,9H2,1H3. The SMILES string of the molecule is CC1(Cn2c(CCCl)nc3cc(I)c(F)cc32)CCCS1. The van der Waals surface area contributed by atoms with Crippen molar-refractivity contribution >= 4 is 57.0 Å². The average Bonchev–Trinajstić information content (AvgIpc) is 2.98. The summed E-state index contributed by atoms with van der Waals surface area (Å²) in [6.45, 7) is 3.17. The number of nitrogens with zero attached hydrogens (tertiary/aromatic N) is 2. The zero-order chi connectivity index (χ0) is 15.0. The maximum atomic E-state index is 14.0. The largest absolute Gasteiger partial charge is 0.326 e. The summed E-state index contributed by atoms with van der Waals surface area (Å²) in [4.78, 5) is 4.68. The minimum atomic E-state index is -0.175. The number of benzene rings is 1. The van der Waals surface area contributed by atoms with Gasteiger partial charge >= 0.3 is 0 Å². The lowest BCUT2D eigenvalue weighted by atomic mass is 10.1. The fraction of sp³-hybridized carbons (Fsp3) is 0.533. The van der Waals surface area contributed by atoms with Gasteiger partial charge < -0.3 is 4.57 Å². The summed E-state index contributed by atoms with van der Waals surface area (Å²) < 4.78 is 17.0. The fourth-order valence-corrected chi connectivity index (χ4v) is 4.83. The minimum absolute atomic E-state index is 0.175. The maximum Gasteiger partial charge on any atom is 0.138 e. The summed E-state index contributed by atoms with van der Waals surface area (Å²) in [5, 5.41) is 0. The van der Waals surface area contributed by atoms with Crippen molar-refractivity contribution in [1.82, 2.24) is 9.55 Å². The fourth-order valence-electron chi connectivity index (χ4n) is 2.92. The molecule has 2 nitrogen and oxygen atoms in total. The molecule has 1 atom stereocenters. The van der Waals surface area contributed by atoms with Gasteiger partial charge in [-0.25, -0.2) is 9.37 Å². The van der Waals surface area contributed by atoms with Gasteiger partial charge in [-0.1, -0.05) is 0 Å². The molecule has 1 saturated heterocycles. The molecular weight excluding hydrogens is 422 g/mol. The van der Waals surface area contributed by atoms with Gasteiger partial charge in [-0.2, -0.15) is 11.8 Å². The van der Waals surface area contributed by atoms with Crippen LogP contribution in [-0.4, -0.2) is 25.9 Å². The van der Waals surface area contributed by atoms with Crippen LogP contribution in [-0.2, 0) is 13.0 Å². The van der Waals surface area contributed by atoms with Crippen LogP contribution in [0.25, 0.3) is 11.0 Å². The van der Waals surface area contributed by atoms with Gasteiger partial charge in [0, 0.05) is 29.7 Å². The number of imidazole rings is 1. The normalized spacial score (nSPS) is 22.3. The minimum Gasteiger partial charge on any atom is -0.326 e. The van der Waals surface area contributed by atoms with Crippen molar-refractivity contribution in [3.63, 3.8) is 0 Å². The number of fused-ring (bicyclic) bond motifs is 1. The van der Waals surface area contributed by atoms with Crippen LogP contribution < -0.4 is 0 Å². The monoisotopic (exact) mass is 438 g/mol. The van der Waals surface area contributed by atoms with Gasteiger partial charge in [-0.3, -0.25) is 0 Å². The van der Waals surface area contributed by atoms with Crippen LogP contribution >= 0.6 is 46.0 Å². The Balaban J connectivity index is 2.08. The molecule has 114 valence electrons. The van der Waals surface area contributed by atoms with Gasteiger partial charge in [0.25, 0.3) is 0 Å². The first-order chi connectivity index (χ1) is 10.0. The number of aromatic nitrogens is 2. The van der Waals surface area contributed by atoms with Crippen molar-refractivity contribution in [2.24, 2.45) is 0 Å². The van der Waals surface area contributed by atoms with Gasteiger partial charge in [-0.05, 0) is 54.2 Å². The van der Waals surface area contributed by atoms with E-state index < -0.39 is 0 Å². The third kappa shape index (κ3) is 3.20. The van der Waals surface area contributed by atoms with Crippen molar-refractivity contribution in [1.29, 1.82) is 0 Å². The van der Waals surface area contributed by atoms with Crippen molar-refractivity contribution in [2.75, 3.05) is 11.6 Å². The quantitative estimate of drug-likeness (QED) is 0.502. The van der Waals surface area contributed by atoms with E-state index in [4.69, 9.17) is 11.6 Å². The smallest absolute Gasteiger partial charge is 0.138 e. The second-order valence-electron chi connectivity index (χ2n) is 5.71. The first-order valence-corrected chi connectivity index (χ1v) is 9.66. The van der Waals surface area contributed by atoms with Crippen molar-refractivity contribution in [3.05, 3.63) is 27.3 Å².